The average molecular weight is 251 g/mol. The summed E-state index contributed by atoms with van der Waals surface area (Å²) in [6.07, 6.45) is 2.34. The molecule has 102 valence electrons. The van der Waals surface area contributed by atoms with Crippen molar-refractivity contribution in [3.05, 3.63) is 29.8 Å². The van der Waals surface area contributed by atoms with Gasteiger partial charge in [0.05, 0.1) is 6.61 Å². The monoisotopic (exact) mass is 251 g/mol. The number of aryl methyl sites for hydroxylation is 1. The lowest BCUT2D eigenvalue weighted by atomic mass is 10.2. The van der Waals surface area contributed by atoms with Crippen LogP contribution in [-0.4, -0.2) is 32.9 Å². The molecule has 18 heavy (non-hydrogen) atoms. The van der Waals surface area contributed by atoms with Crippen LogP contribution >= 0.6 is 0 Å². The molecule has 0 saturated carbocycles. The summed E-state index contributed by atoms with van der Waals surface area (Å²) in [5.41, 5.74) is 1.25. The Morgan fingerprint density at radius 2 is 1.72 bits per heavy atom. The summed E-state index contributed by atoms with van der Waals surface area (Å²) in [4.78, 5) is 0. The minimum absolute atomic E-state index is 0.692. The summed E-state index contributed by atoms with van der Waals surface area (Å²) >= 11 is 0. The van der Waals surface area contributed by atoms with Gasteiger partial charge in [-0.3, -0.25) is 0 Å². The predicted octanol–water partition coefficient (Wildman–Crippen LogP) is 2.78. The molecule has 3 nitrogen and oxygen atoms in total. The highest BCUT2D eigenvalue weighted by molar-refractivity contribution is 5.26. The Kier molecular flexibility index (Phi) is 8.26. The Balaban J connectivity index is 1.91. The van der Waals surface area contributed by atoms with Gasteiger partial charge in [0.1, 0.15) is 12.4 Å². The van der Waals surface area contributed by atoms with E-state index in [1.54, 1.807) is 0 Å². The number of ether oxygens (including phenoxy) is 2. The fraction of sp³-hybridized carbons (Fsp3) is 0.600. The Morgan fingerprint density at radius 1 is 1.00 bits per heavy atom. The van der Waals surface area contributed by atoms with E-state index in [0.717, 1.165) is 38.5 Å². The third-order valence-corrected chi connectivity index (χ3v) is 2.63. The maximum atomic E-state index is 5.60. The molecule has 0 spiro atoms. The molecular formula is C15H25NO2. The molecule has 1 aromatic carbocycles. The van der Waals surface area contributed by atoms with E-state index in [1.807, 2.05) is 12.1 Å². The van der Waals surface area contributed by atoms with Crippen molar-refractivity contribution in [1.29, 1.82) is 0 Å². The van der Waals surface area contributed by atoms with Gasteiger partial charge < -0.3 is 14.8 Å². The summed E-state index contributed by atoms with van der Waals surface area (Å²) in [7, 11) is 0. The van der Waals surface area contributed by atoms with E-state index in [-0.39, 0.29) is 0 Å². The first-order chi connectivity index (χ1) is 8.83. The third kappa shape index (κ3) is 7.30. The van der Waals surface area contributed by atoms with Crippen LogP contribution in [0.1, 0.15) is 25.3 Å². The fourth-order valence-corrected chi connectivity index (χ4v) is 1.49. The summed E-state index contributed by atoms with van der Waals surface area (Å²) < 4.78 is 11.1. The first-order valence-electron chi connectivity index (χ1n) is 6.81. The Labute approximate surface area is 110 Å². The molecule has 3 heteroatoms. The van der Waals surface area contributed by atoms with E-state index in [4.69, 9.17) is 9.47 Å². The molecule has 0 fully saturated rings. The van der Waals surface area contributed by atoms with Crippen molar-refractivity contribution in [3.63, 3.8) is 0 Å². The quantitative estimate of drug-likeness (QED) is 0.649. The lowest BCUT2D eigenvalue weighted by Gasteiger charge is -2.08. The molecule has 0 unspecified atom stereocenters. The van der Waals surface area contributed by atoms with Crippen molar-refractivity contribution in [2.45, 2.75) is 26.7 Å². The lowest BCUT2D eigenvalue weighted by molar-refractivity contribution is 0.132. The highest BCUT2D eigenvalue weighted by Gasteiger charge is 1.93. The van der Waals surface area contributed by atoms with Crippen LogP contribution in [0, 0.1) is 6.92 Å². The highest BCUT2D eigenvalue weighted by Crippen LogP contribution is 2.10. The van der Waals surface area contributed by atoms with Crippen LogP contribution in [-0.2, 0) is 4.74 Å². The second kappa shape index (κ2) is 9.92. The molecule has 0 saturated heterocycles. The van der Waals surface area contributed by atoms with Crippen molar-refractivity contribution in [1.82, 2.24) is 5.32 Å². The number of hydrogen-bond donors (Lipinski definition) is 1. The Morgan fingerprint density at radius 3 is 2.44 bits per heavy atom. The van der Waals surface area contributed by atoms with Crippen molar-refractivity contribution < 1.29 is 9.47 Å². The smallest absolute Gasteiger partial charge is 0.119 e. The van der Waals surface area contributed by atoms with Crippen molar-refractivity contribution >= 4 is 0 Å². The zero-order chi connectivity index (χ0) is 13.1. The average Bonchev–Trinajstić information content (AvgIpc) is 2.39. The molecule has 0 heterocycles. The van der Waals surface area contributed by atoms with Crippen LogP contribution < -0.4 is 10.1 Å². The fourth-order valence-electron chi connectivity index (χ4n) is 1.49. The summed E-state index contributed by atoms with van der Waals surface area (Å²) in [6, 6.07) is 8.13. The van der Waals surface area contributed by atoms with Crippen LogP contribution in [0.4, 0.5) is 0 Å². The van der Waals surface area contributed by atoms with Crippen molar-refractivity contribution in [3.8, 4) is 5.75 Å². The van der Waals surface area contributed by atoms with E-state index in [2.05, 4.69) is 31.3 Å². The zero-order valence-corrected chi connectivity index (χ0v) is 11.6. The van der Waals surface area contributed by atoms with Gasteiger partial charge in [-0.2, -0.15) is 0 Å². The normalized spacial score (nSPS) is 10.6. The maximum absolute atomic E-state index is 5.60. The first kappa shape index (κ1) is 15.0. The molecule has 0 bridgehead atoms. The molecular weight excluding hydrogens is 226 g/mol. The molecule has 1 aromatic rings. The molecule has 0 atom stereocenters. The molecule has 0 aliphatic carbocycles. The summed E-state index contributed by atoms with van der Waals surface area (Å²) in [5, 5.41) is 3.29. The second-order valence-corrected chi connectivity index (χ2v) is 4.38. The molecule has 1 rings (SSSR count). The topological polar surface area (TPSA) is 30.5 Å². The molecule has 0 aromatic heterocycles. The van der Waals surface area contributed by atoms with E-state index in [0.29, 0.717) is 6.61 Å². The van der Waals surface area contributed by atoms with Crippen LogP contribution in [0.2, 0.25) is 0 Å². The second-order valence-electron chi connectivity index (χ2n) is 4.38. The van der Waals surface area contributed by atoms with E-state index >= 15 is 0 Å². The molecule has 0 amide bonds. The van der Waals surface area contributed by atoms with E-state index < -0.39 is 0 Å². The Bertz CT molecular complexity index is 298. The van der Waals surface area contributed by atoms with Gasteiger partial charge in [0.2, 0.25) is 0 Å². The van der Waals surface area contributed by atoms with Gasteiger partial charge in [-0.1, -0.05) is 31.0 Å². The number of hydrogen-bond acceptors (Lipinski definition) is 3. The summed E-state index contributed by atoms with van der Waals surface area (Å²) in [6.45, 7) is 8.33. The Hall–Kier alpha value is -1.06. The number of nitrogens with one attached hydrogen (secondary N) is 1. The number of unbranched alkanes of at least 4 members (excludes halogenated alkanes) is 1. The molecule has 1 N–H and O–H groups in total. The lowest BCUT2D eigenvalue weighted by Crippen LogP contribution is -2.25. The van der Waals surface area contributed by atoms with Crippen molar-refractivity contribution in [2.24, 2.45) is 0 Å². The maximum Gasteiger partial charge on any atom is 0.119 e. The third-order valence-electron chi connectivity index (χ3n) is 2.63. The zero-order valence-electron chi connectivity index (χ0n) is 11.6. The van der Waals surface area contributed by atoms with Crippen LogP contribution in [0.5, 0.6) is 5.75 Å². The van der Waals surface area contributed by atoms with Gasteiger partial charge in [-0.05, 0) is 25.5 Å². The molecule has 0 aliphatic heterocycles. The van der Waals surface area contributed by atoms with Gasteiger partial charge in [-0.15, -0.1) is 0 Å². The number of rotatable bonds is 10. The first-order valence-corrected chi connectivity index (χ1v) is 6.81. The van der Waals surface area contributed by atoms with Gasteiger partial charge in [-0.25, -0.2) is 0 Å². The predicted molar refractivity (Wildman–Crippen MR) is 75.3 cm³/mol. The minimum Gasteiger partial charge on any atom is -0.492 e. The van der Waals surface area contributed by atoms with Gasteiger partial charge in [0.25, 0.3) is 0 Å². The van der Waals surface area contributed by atoms with Gasteiger partial charge >= 0.3 is 0 Å². The largest absolute Gasteiger partial charge is 0.492 e. The highest BCUT2D eigenvalue weighted by atomic mass is 16.5. The van der Waals surface area contributed by atoms with E-state index in [1.165, 1.54) is 12.0 Å². The van der Waals surface area contributed by atoms with Crippen LogP contribution in [0.3, 0.4) is 0 Å². The van der Waals surface area contributed by atoms with Gasteiger partial charge in [0.15, 0.2) is 0 Å². The molecule has 0 radical (unpaired) electrons. The van der Waals surface area contributed by atoms with Crippen molar-refractivity contribution in [2.75, 3.05) is 32.9 Å². The van der Waals surface area contributed by atoms with Gasteiger partial charge in [0, 0.05) is 19.7 Å². The van der Waals surface area contributed by atoms with Crippen LogP contribution in [0.15, 0.2) is 24.3 Å². The SMILES string of the molecule is CCCCOCCNCCOc1ccc(C)cc1. The standard InChI is InChI=1S/C15H25NO2/c1-3-4-11-17-12-9-16-10-13-18-15-7-5-14(2)6-8-15/h5-8,16H,3-4,9-13H2,1-2H3. The summed E-state index contributed by atoms with van der Waals surface area (Å²) in [5.74, 6) is 0.932. The van der Waals surface area contributed by atoms with E-state index in [9.17, 15) is 0 Å². The molecule has 0 aliphatic rings. The minimum atomic E-state index is 0.692. The van der Waals surface area contributed by atoms with Crippen LogP contribution in [0.25, 0.3) is 0 Å². The number of benzene rings is 1.